The Labute approximate surface area is 86.9 Å². The van der Waals surface area contributed by atoms with Crippen LogP contribution < -0.4 is 5.32 Å². The second-order valence-electron chi connectivity index (χ2n) is 4.32. The van der Waals surface area contributed by atoms with E-state index in [1.165, 1.54) is 0 Å². The minimum Gasteiger partial charge on any atom is -0.394 e. The van der Waals surface area contributed by atoms with E-state index in [1.807, 2.05) is 13.8 Å². The maximum Gasteiger partial charge on any atom is 0.220 e. The van der Waals surface area contributed by atoms with Crippen LogP contribution in [-0.4, -0.2) is 23.7 Å². The van der Waals surface area contributed by atoms with E-state index in [2.05, 4.69) is 19.2 Å². The van der Waals surface area contributed by atoms with Crippen molar-refractivity contribution in [3.05, 3.63) is 0 Å². The van der Waals surface area contributed by atoms with Crippen molar-refractivity contribution in [3.8, 4) is 0 Å². The average molecular weight is 201 g/mol. The molecule has 0 radical (unpaired) electrons. The summed E-state index contributed by atoms with van der Waals surface area (Å²) in [5.41, 5.74) is 0. The lowest BCUT2D eigenvalue weighted by atomic mass is 10.0. The summed E-state index contributed by atoms with van der Waals surface area (Å²) in [6.45, 7) is 8.13. The number of nitrogens with one attached hydrogen (secondary N) is 1. The van der Waals surface area contributed by atoms with Crippen molar-refractivity contribution in [2.45, 2.75) is 46.6 Å². The van der Waals surface area contributed by atoms with Crippen molar-refractivity contribution in [3.63, 3.8) is 0 Å². The molecule has 1 amide bonds. The number of aliphatic hydroxyl groups excluding tert-OH is 1. The Balaban J connectivity index is 3.91. The predicted molar refractivity (Wildman–Crippen MR) is 57.9 cm³/mol. The maximum atomic E-state index is 11.5. The van der Waals surface area contributed by atoms with Crippen LogP contribution in [0.2, 0.25) is 0 Å². The molecule has 0 bridgehead atoms. The third-order valence-electron chi connectivity index (χ3n) is 2.58. The van der Waals surface area contributed by atoms with Gasteiger partial charge < -0.3 is 10.4 Å². The van der Waals surface area contributed by atoms with Gasteiger partial charge in [-0.2, -0.15) is 0 Å². The summed E-state index contributed by atoms with van der Waals surface area (Å²) >= 11 is 0. The van der Waals surface area contributed by atoms with Gasteiger partial charge in [-0.15, -0.1) is 0 Å². The molecule has 0 aliphatic heterocycles. The molecule has 2 atom stereocenters. The number of hydrogen-bond acceptors (Lipinski definition) is 2. The van der Waals surface area contributed by atoms with Gasteiger partial charge in [-0.3, -0.25) is 4.79 Å². The summed E-state index contributed by atoms with van der Waals surface area (Å²) in [7, 11) is 0. The van der Waals surface area contributed by atoms with Gasteiger partial charge in [0.1, 0.15) is 0 Å². The molecule has 14 heavy (non-hydrogen) atoms. The molecule has 3 nitrogen and oxygen atoms in total. The van der Waals surface area contributed by atoms with Gasteiger partial charge in [-0.1, -0.05) is 34.1 Å². The SMILES string of the molecule is CCC(C)CC(=O)NC(CO)C(C)C. The van der Waals surface area contributed by atoms with E-state index in [-0.39, 0.29) is 24.5 Å². The number of carbonyl (C=O) groups excluding carboxylic acids is 1. The molecule has 0 aromatic carbocycles. The Bertz CT molecular complexity index is 169. The quantitative estimate of drug-likeness (QED) is 0.685. The predicted octanol–water partition coefficient (Wildman–Crippen LogP) is 1.56. The van der Waals surface area contributed by atoms with Crippen molar-refractivity contribution in [1.82, 2.24) is 5.32 Å². The lowest BCUT2D eigenvalue weighted by molar-refractivity contribution is -0.123. The fourth-order valence-corrected chi connectivity index (χ4v) is 1.15. The van der Waals surface area contributed by atoms with Crippen molar-refractivity contribution in [2.24, 2.45) is 11.8 Å². The maximum absolute atomic E-state index is 11.5. The molecule has 0 aliphatic carbocycles. The first kappa shape index (κ1) is 13.4. The van der Waals surface area contributed by atoms with Gasteiger partial charge in [0, 0.05) is 6.42 Å². The highest BCUT2D eigenvalue weighted by molar-refractivity contribution is 5.76. The Hall–Kier alpha value is -0.570. The van der Waals surface area contributed by atoms with E-state index in [0.717, 1.165) is 6.42 Å². The van der Waals surface area contributed by atoms with E-state index in [9.17, 15) is 4.79 Å². The first-order valence-corrected chi connectivity index (χ1v) is 5.41. The number of aliphatic hydroxyl groups is 1. The minimum atomic E-state index is -0.105. The Kier molecular flexibility index (Phi) is 6.54. The molecule has 0 rings (SSSR count). The Morgan fingerprint density at radius 3 is 2.29 bits per heavy atom. The van der Waals surface area contributed by atoms with Crippen molar-refractivity contribution < 1.29 is 9.90 Å². The van der Waals surface area contributed by atoms with Crippen LogP contribution in [0.1, 0.15) is 40.5 Å². The second kappa shape index (κ2) is 6.82. The van der Waals surface area contributed by atoms with Gasteiger partial charge in [0.2, 0.25) is 5.91 Å². The number of hydrogen-bond donors (Lipinski definition) is 2. The van der Waals surface area contributed by atoms with Crippen LogP contribution in [0.4, 0.5) is 0 Å². The minimum absolute atomic E-state index is 0.0178. The zero-order valence-corrected chi connectivity index (χ0v) is 9.71. The van der Waals surface area contributed by atoms with Gasteiger partial charge in [0.25, 0.3) is 0 Å². The number of rotatable bonds is 6. The summed E-state index contributed by atoms with van der Waals surface area (Å²) in [5.74, 6) is 0.745. The van der Waals surface area contributed by atoms with Crippen LogP contribution in [0.3, 0.4) is 0 Å². The van der Waals surface area contributed by atoms with Crippen LogP contribution >= 0.6 is 0 Å². The topological polar surface area (TPSA) is 49.3 Å². The van der Waals surface area contributed by atoms with Gasteiger partial charge >= 0.3 is 0 Å². The summed E-state index contributed by atoms with van der Waals surface area (Å²) in [4.78, 5) is 11.5. The van der Waals surface area contributed by atoms with Crippen LogP contribution in [0, 0.1) is 11.8 Å². The van der Waals surface area contributed by atoms with Gasteiger partial charge in [-0.25, -0.2) is 0 Å². The average Bonchev–Trinajstić information content (AvgIpc) is 2.13. The fourth-order valence-electron chi connectivity index (χ4n) is 1.15. The largest absolute Gasteiger partial charge is 0.394 e. The Morgan fingerprint density at radius 1 is 1.36 bits per heavy atom. The van der Waals surface area contributed by atoms with E-state index in [4.69, 9.17) is 5.11 Å². The molecule has 2 unspecified atom stereocenters. The summed E-state index contributed by atoms with van der Waals surface area (Å²) in [5, 5.41) is 11.9. The van der Waals surface area contributed by atoms with Crippen LogP contribution in [0.5, 0.6) is 0 Å². The highest BCUT2D eigenvalue weighted by Gasteiger charge is 2.15. The number of amides is 1. The van der Waals surface area contributed by atoms with Crippen LogP contribution in [0.25, 0.3) is 0 Å². The standard InChI is InChI=1S/C11H23NO2/c1-5-9(4)6-11(14)12-10(7-13)8(2)3/h8-10,13H,5-7H2,1-4H3,(H,12,14). The normalized spacial score (nSPS) is 15.3. The van der Waals surface area contributed by atoms with Gasteiger partial charge in [-0.05, 0) is 11.8 Å². The molecule has 0 saturated heterocycles. The summed E-state index contributed by atoms with van der Waals surface area (Å²) in [6, 6.07) is -0.105. The van der Waals surface area contributed by atoms with Crippen molar-refractivity contribution >= 4 is 5.91 Å². The molecule has 3 heteroatoms. The van der Waals surface area contributed by atoms with E-state index in [1.54, 1.807) is 0 Å². The Morgan fingerprint density at radius 2 is 1.93 bits per heavy atom. The first-order chi connectivity index (χ1) is 6.51. The lowest BCUT2D eigenvalue weighted by Gasteiger charge is -2.20. The fraction of sp³-hybridized carbons (Fsp3) is 0.909. The van der Waals surface area contributed by atoms with Crippen LogP contribution in [-0.2, 0) is 4.79 Å². The molecule has 0 heterocycles. The van der Waals surface area contributed by atoms with Gasteiger partial charge in [0.05, 0.1) is 12.6 Å². The van der Waals surface area contributed by atoms with Gasteiger partial charge in [0.15, 0.2) is 0 Å². The molecular weight excluding hydrogens is 178 g/mol. The molecular formula is C11H23NO2. The van der Waals surface area contributed by atoms with E-state index in [0.29, 0.717) is 12.3 Å². The molecule has 0 aromatic heterocycles. The summed E-state index contributed by atoms with van der Waals surface area (Å²) < 4.78 is 0. The molecule has 0 aromatic rings. The van der Waals surface area contributed by atoms with E-state index < -0.39 is 0 Å². The lowest BCUT2D eigenvalue weighted by Crippen LogP contribution is -2.41. The van der Waals surface area contributed by atoms with Crippen molar-refractivity contribution in [2.75, 3.05) is 6.61 Å². The van der Waals surface area contributed by atoms with Crippen LogP contribution in [0.15, 0.2) is 0 Å². The highest BCUT2D eigenvalue weighted by Crippen LogP contribution is 2.07. The molecule has 0 saturated carbocycles. The highest BCUT2D eigenvalue weighted by atomic mass is 16.3. The number of carbonyl (C=O) groups is 1. The molecule has 0 aliphatic rings. The first-order valence-electron chi connectivity index (χ1n) is 5.41. The zero-order chi connectivity index (χ0) is 11.1. The smallest absolute Gasteiger partial charge is 0.220 e. The third kappa shape index (κ3) is 5.22. The summed E-state index contributed by atoms with van der Waals surface area (Å²) in [6.07, 6.45) is 1.57. The van der Waals surface area contributed by atoms with Crippen molar-refractivity contribution in [1.29, 1.82) is 0 Å². The van der Waals surface area contributed by atoms with E-state index >= 15 is 0 Å². The molecule has 84 valence electrons. The monoisotopic (exact) mass is 201 g/mol. The molecule has 2 N–H and O–H groups in total. The second-order valence-corrected chi connectivity index (χ2v) is 4.32. The molecule has 0 fully saturated rings. The third-order valence-corrected chi connectivity index (χ3v) is 2.58. The molecule has 0 spiro atoms. The zero-order valence-electron chi connectivity index (χ0n) is 9.71.